The highest BCUT2D eigenvalue weighted by Crippen LogP contribution is 2.29. The van der Waals surface area contributed by atoms with Gasteiger partial charge in [0.1, 0.15) is 5.60 Å². The van der Waals surface area contributed by atoms with E-state index in [0.717, 1.165) is 12.8 Å². The predicted octanol–water partition coefficient (Wildman–Crippen LogP) is 1.81. The second-order valence-electron chi connectivity index (χ2n) is 5.58. The van der Waals surface area contributed by atoms with Gasteiger partial charge in [-0.3, -0.25) is 0 Å². The molecule has 1 aliphatic carbocycles. The molecule has 0 radical (unpaired) electrons. The van der Waals surface area contributed by atoms with Crippen LogP contribution in [0.4, 0.5) is 4.79 Å². The zero-order chi connectivity index (χ0) is 11.7. The average molecular weight is 215 g/mol. The first-order chi connectivity index (χ1) is 6.68. The summed E-state index contributed by atoms with van der Waals surface area (Å²) in [6.07, 6.45) is 1.75. The summed E-state index contributed by atoms with van der Waals surface area (Å²) in [4.78, 5) is 11.4. The van der Waals surface area contributed by atoms with Gasteiger partial charge in [-0.25, -0.2) is 4.79 Å². The van der Waals surface area contributed by atoms with Crippen molar-refractivity contribution in [3.63, 3.8) is 0 Å². The normalized spacial score (nSPS) is 31.4. The smallest absolute Gasteiger partial charge is 0.407 e. The molecule has 4 heteroatoms. The van der Waals surface area contributed by atoms with Crippen LogP contribution in [0.5, 0.6) is 0 Å². The van der Waals surface area contributed by atoms with Gasteiger partial charge in [0.15, 0.2) is 0 Å². The maximum absolute atomic E-state index is 11.4. The standard InChI is InChI=1S/C11H21NO3/c1-10(2,3)15-9(13)12-8-5-6-11(4,14)7-8/h8,14H,5-7H2,1-4H3,(H,12,13)/t8?,11-/m1/s1. The number of rotatable bonds is 1. The largest absolute Gasteiger partial charge is 0.444 e. The summed E-state index contributed by atoms with van der Waals surface area (Å²) in [5.74, 6) is 0. The molecule has 1 aliphatic rings. The van der Waals surface area contributed by atoms with Crippen LogP contribution in [0.15, 0.2) is 0 Å². The predicted molar refractivity (Wildman–Crippen MR) is 57.6 cm³/mol. The lowest BCUT2D eigenvalue weighted by Gasteiger charge is -2.22. The van der Waals surface area contributed by atoms with E-state index < -0.39 is 17.3 Å². The first-order valence-corrected chi connectivity index (χ1v) is 5.40. The van der Waals surface area contributed by atoms with Crippen molar-refractivity contribution >= 4 is 6.09 Å². The van der Waals surface area contributed by atoms with Crippen LogP contribution in [-0.2, 0) is 4.74 Å². The fraction of sp³-hybridized carbons (Fsp3) is 0.909. The van der Waals surface area contributed by atoms with Gasteiger partial charge in [-0.15, -0.1) is 0 Å². The molecule has 2 atom stereocenters. The Balaban J connectivity index is 2.34. The fourth-order valence-electron chi connectivity index (χ4n) is 1.82. The quantitative estimate of drug-likeness (QED) is 0.701. The maximum atomic E-state index is 11.4. The Labute approximate surface area is 91.0 Å². The van der Waals surface area contributed by atoms with Gasteiger partial charge in [-0.1, -0.05) is 0 Å². The molecule has 0 aromatic heterocycles. The van der Waals surface area contributed by atoms with Crippen molar-refractivity contribution in [3.05, 3.63) is 0 Å². The Hall–Kier alpha value is -0.770. The van der Waals surface area contributed by atoms with Crippen LogP contribution in [0.25, 0.3) is 0 Å². The van der Waals surface area contributed by atoms with Crippen LogP contribution < -0.4 is 5.32 Å². The van der Waals surface area contributed by atoms with Crippen LogP contribution >= 0.6 is 0 Å². The Morgan fingerprint density at radius 2 is 2.13 bits per heavy atom. The van der Waals surface area contributed by atoms with E-state index in [-0.39, 0.29) is 6.04 Å². The molecule has 4 nitrogen and oxygen atoms in total. The van der Waals surface area contributed by atoms with Gasteiger partial charge in [-0.2, -0.15) is 0 Å². The molecule has 0 saturated heterocycles. The zero-order valence-electron chi connectivity index (χ0n) is 9.96. The summed E-state index contributed by atoms with van der Waals surface area (Å²) >= 11 is 0. The number of carbonyl (C=O) groups excluding carboxylic acids is 1. The summed E-state index contributed by atoms with van der Waals surface area (Å²) in [5, 5.41) is 12.5. The summed E-state index contributed by atoms with van der Waals surface area (Å²) in [6.45, 7) is 7.29. The van der Waals surface area contributed by atoms with Gasteiger partial charge in [0.05, 0.1) is 5.60 Å². The summed E-state index contributed by atoms with van der Waals surface area (Å²) < 4.78 is 5.14. The number of nitrogens with one attached hydrogen (secondary N) is 1. The lowest BCUT2D eigenvalue weighted by atomic mass is 10.1. The molecule has 0 heterocycles. The third-order valence-corrected chi connectivity index (χ3v) is 2.44. The molecule has 0 aromatic carbocycles. The molecule has 0 bridgehead atoms. The number of ether oxygens (including phenoxy) is 1. The third-order valence-electron chi connectivity index (χ3n) is 2.44. The van der Waals surface area contributed by atoms with E-state index in [9.17, 15) is 9.90 Å². The number of amides is 1. The minimum absolute atomic E-state index is 0.0369. The van der Waals surface area contributed by atoms with E-state index >= 15 is 0 Å². The molecule has 2 N–H and O–H groups in total. The van der Waals surface area contributed by atoms with Crippen LogP contribution in [0.2, 0.25) is 0 Å². The second kappa shape index (κ2) is 4.00. The molecule has 0 aliphatic heterocycles. The van der Waals surface area contributed by atoms with Crippen LogP contribution in [-0.4, -0.2) is 28.4 Å². The van der Waals surface area contributed by atoms with E-state index in [2.05, 4.69) is 5.32 Å². The molecule has 0 spiro atoms. The summed E-state index contributed by atoms with van der Waals surface area (Å²) in [7, 11) is 0. The van der Waals surface area contributed by atoms with Crippen LogP contribution in [0, 0.1) is 0 Å². The van der Waals surface area contributed by atoms with Gasteiger partial charge in [0.25, 0.3) is 0 Å². The summed E-state index contributed by atoms with van der Waals surface area (Å²) in [6, 6.07) is 0.0369. The monoisotopic (exact) mass is 215 g/mol. The number of alkyl carbamates (subject to hydrolysis) is 1. The van der Waals surface area contributed by atoms with Crippen molar-refractivity contribution in [3.8, 4) is 0 Å². The van der Waals surface area contributed by atoms with E-state index in [1.165, 1.54) is 0 Å². The lowest BCUT2D eigenvalue weighted by molar-refractivity contribution is 0.0471. The Bertz CT molecular complexity index is 243. The highest BCUT2D eigenvalue weighted by atomic mass is 16.6. The number of hydrogen-bond acceptors (Lipinski definition) is 3. The molecule has 0 aromatic rings. The molecule has 1 saturated carbocycles. The SMILES string of the molecule is CC(C)(C)OC(=O)NC1CC[C@@](C)(O)C1. The molecular formula is C11H21NO3. The van der Waals surface area contributed by atoms with Crippen molar-refractivity contribution in [1.29, 1.82) is 0 Å². The highest BCUT2D eigenvalue weighted by molar-refractivity contribution is 5.68. The van der Waals surface area contributed by atoms with Gasteiger partial charge in [0.2, 0.25) is 0 Å². The number of hydrogen-bond donors (Lipinski definition) is 2. The third kappa shape index (κ3) is 4.51. The van der Waals surface area contributed by atoms with E-state index in [0.29, 0.717) is 6.42 Å². The van der Waals surface area contributed by atoms with Crippen molar-refractivity contribution in [2.45, 2.75) is 64.2 Å². The molecular weight excluding hydrogens is 194 g/mol. The molecule has 1 rings (SSSR count). The Kier molecular flexibility index (Phi) is 3.28. The number of carbonyl (C=O) groups is 1. The minimum Gasteiger partial charge on any atom is -0.444 e. The Morgan fingerprint density at radius 3 is 2.53 bits per heavy atom. The van der Waals surface area contributed by atoms with Gasteiger partial charge < -0.3 is 15.2 Å². The van der Waals surface area contributed by atoms with E-state index in [1.807, 2.05) is 20.8 Å². The molecule has 1 amide bonds. The van der Waals surface area contributed by atoms with E-state index in [1.54, 1.807) is 6.92 Å². The van der Waals surface area contributed by atoms with Crippen LogP contribution in [0.1, 0.15) is 47.0 Å². The molecule has 88 valence electrons. The average Bonchev–Trinajstić information content (AvgIpc) is 2.25. The highest BCUT2D eigenvalue weighted by Gasteiger charge is 2.34. The zero-order valence-corrected chi connectivity index (χ0v) is 9.96. The molecule has 1 unspecified atom stereocenters. The number of aliphatic hydroxyl groups is 1. The lowest BCUT2D eigenvalue weighted by Crippen LogP contribution is -2.38. The Morgan fingerprint density at radius 1 is 1.53 bits per heavy atom. The first kappa shape index (κ1) is 12.3. The topological polar surface area (TPSA) is 58.6 Å². The van der Waals surface area contributed by atoms with Crippen LogP contribution in [0.3, 0.4) is 0 Å². The van der Waals surface area contributed by atoms with Gasteiger partial charge in [0, 0.05) is 6.04 Å². The van der Waals surface area contributed by atoms with Gasteiger partial charge in [-0.05, 0) is 47.0 Å². The first-order valence-electron chi connectivity index (χ1n) is 5.40. The fourth-order valence-corrected chi connectivity index (χ4v) is 1.82. The maximum Gasteiger partial charge on any atom is 0.407 e. The van der Waals surface area contributed by atoms with Crippen molar-refractivity contribution in [2.24, 2.45) is 0 Å². The minimum atomic E-state index is -0.639. The van der Waals surface area contributed by atoms with Crippen molar-refractivity contribution in [2.75, 3.05) is 0 Å². The molecule has 1 fully saturated rings. The second-order valence-corrected chi connectivity index (χ2v) is 5.58. The van der Waals surface area contributed by atoms with Gasteiger partial charge >= 0.3 is 6.09 Å². The summed E-state index contributed by atoms with van der Waals surface area (Å²) in [5.41, 5.74) is -1.11. The van der Waals surface area contributed by atoms with Crippen molar-refractivity contribution < 1.29 is 14.6 Å². The van der Waals surface area contributed by atoms with Crippen molar-refractivity contribution in [1.82, 2.24) is 5.32 Å². The molecule has 15 heavy (non-hydrogen) atoms. The van der Waals surface area contributed by atoms with E-state index in [4.69, 9.17) is 4.74 Å².